The van der Waals surface area contributed by atoms with E-state index in [9.17, 15) is 4.79 Å². The average Bonchev–Trinajstić information content (AvgIpc) is 2.56. The van der Waals surface area contributed by atoms with Crippen LogP contribution in [0.15, 0.2) is 33.7 Å². The van der Waals surface area contributed by atoms with Gasteiger partial charge in [0.05, 0.1) is 6.61 Å². The van der Waals surface area contributed by atoms with Gasteiger partial charge in [-0.1, -0.05) is 22.0 Å². The zero-order valence-electron chi connectivity index (χ0n) is 13.7. The second kappa shape index (κ2) is 11.9. The molecule has 0 atom stereocenters. The summed E-state index contributed by atoms with van der Waals surface area (Å²) in [6.07, 6.45) is 0.811. The fraction of sp³-hybridized carbons (Fsp3) is 0.500. The van der Waals surface area contributed by atoms with Crippen LogP contribution >= 0.6 is 15.9 Å². The summed E-state index contributed by atoms with van der Waals surface area (Å²) in [6, 6.07) is 7.34. The highest BCUT2D eigenvalue weighted by atomic mass is 79.9. The smallest absolute Gasteiger partial charge is 0.251 e. The Morgan fingerprint density at radius 2 is 1.96 bits per heavy atom. The first-order valence-electron chi connectivity index (χ1n) is 7.73. The normalized spacial score (nSPS) is 11.2. The third kappa shape index (κ3) is 8.56. The van der Waals surface area contributed by atoms with Crippen LogP contribution in [-0.2, 0) is 4.74 Å². The summed E-state index contributed by atoms with van der Waals surface area (Å²) in [6.45, 7) is 5.38. The molecule has 1 rings (SSSR count). The fourth-order valence-electron chi connectivity index (χ4n) is 1.84. The number of nitrogens with one attached hydrogen (secondary N) is 3. The van der Waals surface area contributed by atoms with Crippen LogP contribution in [0.4, 0.5) is 0 Å². The number of ether oxygens (including phenoxy) is 1. The van der Waals surface area contributed by atoms with Crippen LogP contribution < -0.4 is 16.0 Å². The SMILES string of the molecule is CCOCCNC(=NC)NCCCNC(=O)c1cccc(Br)c1. The van der Waals surface area contributed by atoms with Gasteiger partial charge in [0.2, 0.25) is 0 Å². The molecule has 7 heteroatoms. The van der Waals surface area contributed by atoms with Gasteiger partial charge < -0.3 is 20.7 Å². The molecule has 0 heterocycles. The number of guanidine groups is 1. The first kappa shape index (κ1) is 19.4. The van der Waals surface area contributed by atoms with Gasteiger partial charge in [-0.25, -0.2) is 0 Å². The molecule has 0 saturated carbocycles. The predicted octanol–water partition coefficient (Wildman–Crippen LogP) is 1.77. The van der Waals surface area contributed by atoms with Crippen molar-refractivity contribution in [2.45, 2.75) is 13.3 Å². The van der Waals surface area contributed by atoms with Crippen LogP contribution in [0, 0.1) is 0 Å². The monoisotopic (exact) mass is 384 g/mol. The Hall–Kier alpha value is -1.60. The van der Waals surface area contributed by atoms with Crippen molar-refractivity contribution >= 4 is 27.8 Å². The minimum Gasteiger partial charge on any atom is -0.380 e. The first-order chi connectivity index (χ1) is 11.2. The molecule has 0 unspecified atom stereocenters. The molecule has 0 aliphatic rings. The molecule has 0 bridgehead atoms. The minimum atomic E-state index is -0.0643. The topological polar surface area (TPSA) is 74.8 Å². The van der Waals surface area contributed by atoms with E-state index in [-0.39, 0.29) is 5.91 Å². The van der Waals surface area contributed by atoms with Crippen LogP contribution in [0.25, 0.3) is 0 Å². The largest absolute Gasteiger partial charge is 0.380 e. The summed E-state index contributed by atoms with van der Waals surface area (Å²) in [5.74, 6) is 0.675. The van der Waals surface area contributed by atoms with Crippen molar-refractivity contribution in [2.24, 2.45) is 4.99 Å². The molecule has 0 radical (unpaired) electrons. The van der Waals surface area contributed by atoms with Crippen molar-refractivity contribution in [2.75, 3.05) is 39.9 Å². The Balaban J connectivity index is 2.15. The highest BCUT2D eigenvalue weighted by Crippen LogP contribution is 2.11. The van der Waals surface area contributed by atoms with Gasteiger partial charge in [0.15, 0.2) is 5.96 Å². The molecular weight excluding hydrogens is 360 g/mol. The van der Waals surface area contributed by atoms with Gasteiger partial charge in [-0.05, 0) is 31.5 Å². The molecule has 6 nitrogen and oxygen atoms in total. The van der Waals surface area contributed by atoms with E-state index in [1.165, 1.54) is 0 Å². The van der Waals surface area contributed by atoms with Gasteiger partial charge in [-0.2, -0.15) is 0 Å². The quantitative estimate of drug-likeness (QED) is 0.344. The van der Waals surface area contributed by atoms with Crippen molar-refractivity contribution in [3.63, 3.8) is 0 Å². The summed E-state index contributed by atoms with van der Waals surface area (Å²) < 4.78 is 6.15. The van der Waals surface area contributed by atoms with E-state index in [1.807, 2.05) is 19.1 Å². The van der Waals surface area contributed by atoms with E-state index >= 15 is 0 Å². The zero-order valence-corrected chi connectivity index (χ0v) is 15.3. The van der Waals surface area contributed by atoms with Crippen molar-refractivity contribution in [1.29, 1.82) is 0 Å². The number of carbonyl (C=O) groups excluding carboxylic acids is 1. The number of halogens is 1. The number of carbonyl (C=O) groups is 1. The van der Waals surface area contributed by atoms with Gasteiger partial charge in [0.1, 0.15) is 0 Å². The maximum absolute atomic E-state index is 12.0. The minimum absolute atomic E-state index is 0.0643. The van der Waals surface area contributed by atoms with Gasteiger partial charge in [0.25, 0.3) is 5.91 Å². The highest BCUT2D eigenvalue weighted by Gasteiger charge is 2.04. The lowest BCUT2D eigenvalue weighted by Crippen LogP contribution is -2.40. The molecule has 1 aromatic rings. The van der Waals surface area contributed by atoms with Crippen LogP contribution in [0.5, 0.6) is 0 Å². The third-order valence-corrected chi connectivity index (χ3v) is 3.48. The first-order valence-corrected chi connectivity index (χ1v) is 8.52. The summed E-state index contributed by atoms with van der Waals surface area (Å²) in [4.78, 5) is 16.1. The number of hydrogen-bond donors (Lipinski definition) is 3. The summed E-state index contributed by atoms with van der Waals surface area (Å²) in [5, 5.41) is 9.25. The standard InChI is InChI=1S/C16H25BrN4O2/c1-3-23-11-10-21-16(18-2)20-9-5-8-19-15(22)13-6-4-7-14(17)12-13/h4,6-7,12H,3,5,8-11H2,1-2H3,(H,19,22)(H2,18,20,21). The zero-order chi connectivity index (χ0) is 16.9. The predicted molar refractivity (Wildman–Crippen MR) is 96.9 cm³/mol. The summed E-state index contributed by atoms with van der Waals surface area (Å²) >= 11 is 3.36. The lowest BCUT2D eigenvalue weighted by atomic mass is 10.2. The average molecular weight is 385 g/mol. The molecule has 128 valence electrons. The summed E-state index contributed by atoms with van der Waals surface area (Å²) in [5.41, 5.74) is 0.653. The van der Waals surface area contributed by atoms with E-state index < -0.39 is 0 Å². The Morgan fingerprint density at radius 1 is 1.22 bits per heavy atom. The Kier molecular flexibility index (Phi) is 10.1. The molecule has 0 aliphatic heterocycles. The van der Waals surface area contributed by atoms with Crippen LogP contribution in [0.1, 0.15) is 23.7 Å². The van der Waals surface area contributed by atoms with Gasteiger partial charge in [0, 0.05) is 43.3 Å². The van der Waals surface area contributed by atoms with E-state index in [1.54, 1.807) is 19.2 Å². The molecular formula is C16H25BrN4O2. The molecule has 23 heavy (non-hydrogen) atoms. The number of benzene rings is 1. The molecule has 1 aromatic carbocycles. The fourth-order valence-corrected chi connectivity index (χ4v) is 2.23. The molecule has 0 aromatic heterocycles. The number of rotatable bonds is 9. The van der Waals surface area contributed by atoms with Gasteiger partial charge >= 0.3 is 0 Å². The number of hydrogen-bond acceptors (Lipinski definition) is 3. The van der Waals surface area contributed by atoms with E-state index in [0.717, 1.165) is 23.4 Å². The summed E-state index contributed by atoms with van der Waals surface area (Å²) in [7, 11) is 1.73. The molecule has 1 amide bonds. The Labute approximate surface area is 146 Å². The Bertz CT molecular complexity index is 509. The lowest BCUT2D eigenvalue weighted by Gasteiger charge is -2.12. The maximum atomic E-state index is 12.0. The van der Waals surface area contributed by atoms with Crippen molar-refractivity contribution in [1.82, 2.24) is 16.0 Å². The van der Waals surface area contributed by atoms with E-state index in [2.05, 4.69) is 36.9 Å². The van der Waals surface area contributed by atoms with Crippen molar-refractivity contribution < 1.29 is 9.53 Å². The number of amides is 1. The van der Waals surface area contributed by atoms with Gasteiger partial charge in [-0.3, -0.25) is 9.79 Å². The van der Waals surface area contributed by atoms with Crippen LogP contribution in [0.3, 0.4) is 0 Å². The molecule has 0 spiro atoms. The van der Waals surface area contributed by atoms with Gasteiger partial charge in [-0.15, -0.1) is 0 Å². The lowest BCUT2D eigenvalue weighted by molar-refractivity contribution is 0.0953. The maximum Gasteiger partial charge on any atom is 0.251 e. The second-order valence-corrected chi connectivity index (χ2v) is 5.66. The molecule has 0 saturated heterocycles. The molecule has 0 fully saturated rings. The van der Waals surface area contributed by atoms with Crippen molar-refractivity contribution in [3.8, 4) is 0 Å². The highest BCUT2D eigenvalue weighted by molar-refractivity contribution is 9.10. The Morgan fingerprint density at radius 3 is 2.65 bits per heavy atom. The molecule has 0 aliphatic carbocycles. The van der Waals surface area contributed by atoms with Crippen LogP contribution in [-0.4, -0.2) is 51.8 Å². The number of nitrogens with zero attached hydrogens (tertiary/aromatic N) is 1. The van der Waals surface area contributed by atoms with E-state index in [0.29, 0.717) is 31.9 Å². The van der Waals surface area contributed by atoms with Crippen LogP contribution in [0.2, 0.25) is 0 Å². The van der Waals surface area contributed by atoms with E-state index in [4.69, 9.17) is 4.74 Å². The second-order valence-electron chi connectivity index (χ2n) is 4.74. The van der Waals surface area contributed by atoms with Crippen molar-refractivity contribution in [3.05, 3.63) is 34.3 Å². The molecule has 3 N–H and O–H groups in total. The third-order valence-electron chi connectivity index (χ3n) is 2.98. The number of aliphatic imine (C=N–C) groups is 1.